The quantitative estimate of drug-likeness (QED) is 0.634. The standard InChI is InChI=1S/C16H19ClN8O/c1-16(19)2-4-25(5-3-16)12-8-21-13-14(22-12)23-24-15(13)26-10-6-11(18)20-7-9(10)17/h6-8H,2-5,19H2,1H3,(H2,18,20)(H,22,23,24). The topological polar surface area (TPSA) is 132 Å². The first-order chi connectivity index (χ1) is 12.4. The van der Waals surface area contributed by atoms with Crippen molar-refractivity contribution in [2.75, 3.05) is 23.7 Å². The maximum Gasteiger partial charge on any atom is 0.266 e. The van der Waals surface area contributed by atoms with Gasteiger partial charge in [-0.05, 0) is 19.8 Å². The molecule has 0 saturated carbocycles. The number of rotatable bonds is 3. The number of nitrogens with one attached hydrogen (secondary N) is 1. The van der Waals surface area contributed by atoms with Crippen molar-refractivity contribution in [1.82, 2.24) is 25.1 Å². The molecule has 0 bridgehead atoms. The van der Waals surface area contributed by atoms with Crippen LogP contribution in [0.3, 0.4) is 0 Å². The molecule has 10 heteroatoms. The van der Waals surface area contributed by atoms with Crippen LogP contribution in [0.1, 0.15) is 19.8 Å². The van der Waals surface area contributed by atoms with Crippen molar-refractivity contribution >= 4 is 34.4 Å². The van der Waals surface area contributed by atoms with Crippen LogP contribution in [0.4, 0.5) is 11.6 Å². The fourth-order valence-corrected chi connectivity index (χ4v) is 3.00. The molecular weight excluding hydrogens is 356 g/mol. The number of fused-ring (bicyclic) bond motifs is 1. The zero-order chi connectivity index (χ0) is 18.3. The lowest BCUT2D eigenvalue weighted by atomic mass is 9.91. The summed E-state index contributed by atoms with van der Waals surface area (Å²) in [6, 6.07) is 1.53. The Morgan fingerprint density at radius 1 is 1.27 bits per heavy atom. The minimum absolute atomic E-state index is 0.116. The van der Waals surface area contributed by atoms with Crippen LogP contribution in [0.25, 0.3) is 11.2 Å². The van der Waals surface area contributed by atoms with E-state index in [1.54, 1.807) is 6.20 Å². The molecule has 0 atom stereocenters. The number of pyridine rings is 1. The lowest BCUT2D eigenvalue weighted by Gasteiger charge is -2.37. The van der Waals surface area contributed by atoms with Gasteiger partial charge in [-0.2, -0.15) is 0 Å². The van der Waals surface area contributed by atoms with E-state index >= 15 is 0 Å². The van der Waals surface area contributed by atoms with E-state index in [4.69, 9.17) is 27.8 Å². The van der Waals surface area contributed by atoms with Gasteiger partial charge in [0.25, 0.3) is 5.88 Å². The van der Waals surface area contributed by atoms with E-state index < -0.39 is 0 Å². The normalized spacial score (nSPS) is 16.8. The Labute approximate surface area is 154 Å². The predicted molar refractivity (Wildman–Crippen MR) is 99.5 cm³/mol. The Morgan fingerprint density at radius 3 is 2.81 bits per heavy atom. The third-order valence-corrected chi connectivity index (χ3v) is 4.79. The first kappa shape index (κ1) is 16.8. The molecule has 0 aliphatic carbocycles. The van der Waals surface area contributed by atoms with Gasteiger partial charge < -0.3 is 21.1 Å². The van der Waals surface area contributed by atoms with Crippen LogP contribution in [0, 0.1) is 0 Å². The van der Waals surface area contributed by atoms with Gasteiger partial charge in [-0.3, -0.25) is 5.10 Å². The van der Waals surface area contributed by atoms with Crippen LogP contribution in [-0.4, -0.2) is 43.8 Å². The number of halogens is 1. The molecule has 1 aliphatic rings. The lowest BCUT2D eigenvalue weighted by Crippen LogP contribution is -2.48. The van der Waals surface area contributed by atoms with Crippen LogP contribution in [-0.2, 0) is 0 Å². The molecule has 26 heavy (non-hydrogen) atoms. The van der Waals surface area contributed by atoms with E-state index in [0.717, 1.165) is 31.7 Å². The molecule has 0 aromatic carbocycles. The molecule has 5 N–H and O–H groups in total. The Hall–Kier alpha value is -2.65. The summed E-state index contributed by atoms with van der Waals surface area (Å²) < 4.78 is 5.73. The first-order valence-electron chi connectivity index (χ1n) is 8.25. The molecular formula is C16H19ClN8O. The van der Waals surface area contributed by atoms with Crippen molar-refractivity contribution < 1.29 is 4.74 Å². The van der Waals surface area contributed by atoms with Crippen molar-refractivity contribution in [3.63, 3.8) is 0 Å². The highest BCUT2D eigenvalue weighted by Gasteiger charge is 2.27. The minimum Gasteiger partial charge on any atom is -0.434 e. The number of hydrogen-bond donors (Lipinski definition) is 3. The molecule has 4 rings (SSSR count). The van der Waals surface area contributed by atoms with Crippen LogP contribution >= 0.6 is 11.6 Å². The molecule has 0 unspecified atom stereocenters. The van der Waals surface area contributed by atoms with Gasteiger partial charge in [0.05, 0.1) is 12.4 Å². The molecule has 1 fully saturated rings. The maximum absolute atomic E-state index is 6.19. The number of piperidine rings is 1. The molecule has 0 amide bonds. The highest BCUT2D eigenvalue weighted by Crippen LogP contribution is 2.32. The summed E-state index contributed by atoms with van der Waals surface area (Å²) in [4.78, 5) is 15.1. The van der Waals surface area contributed by atoms with E-state index in [0.29, 0.717) is 27.8 Å². The van der Waals surface area contributed by atoms with Crippen LogP contribution in [0.5, 0.6) is 11.6 Å². The summed E-state index contributed by atoms with van der Waals surface area (Å²) in [6.45, 7) is 3.77. The van der Waals surface area contributed by atoms with Gasteiger partial charge in [-0.25, -0.2) is 15.0 Å². The zero-order valence-corrected chi connectivity index (χ0v) is 15.0. The Kier molecular flexibility index (Phi) is 4.04. The fraction of sp³-hybridized carbons (Fsp3) is 0.375. The molecule has 1 saturated heterocycles. The average molecular weight is 375 g/mol. The second-order valence-corrected chi connectivity index (χ2v) is 7.14. The largest absolute Gasteiger partial charge is 0.434 e. The minimum atomic E-state index is -0.116. The Bertz CT molecular complexity index is 947. The number of anilines is 2. The SMILES string of the molecule is CC1(N)CCN(c2cnc3c(Oc4cc(N)ncc4Cl)n[nH]c3n2)CC1. The number of hydrogen-bond acceptors (Lipinski definition) is 8. The average Bonchev–Trinajstić information content (AvgIpc) is 3.00. The Balaban J connectivity index is 1.59. The highest BCUT2D eigenvalue weighted by atomic mass is 35.5. The highest BCUT2D eigenvalue weighted by molar-refractivity contribution is 6.32. The Morgan fingerprint density at radius 2 is 2.04 bits per heavy atom. The van der Waals surface area contributed by atoms with E-state index in [1.165, 1.54) is 12.3 Å². The molecule has 0 spiro atoms. The number of ether oxygens (including phenoxy) is 1. The van der Waals surface area contributed by atoms with Crippen LogP contribution in [0.2, 0.25) is 5.02 Å². The zero-order valence-electron chi connectivity index (χ0n) is 14.2. The van der Waals surface area contributed by atoms with Gasteiger partial charge in [0.2, 0.25) is 0 Å². The maximum atomic E-state index is 6.19. The van der Waals surface area contributed by atoms with E-state index in [9.17, 15) is 0 Å². The summed E-state index contributed by atoms with van der Waals surface area (Å²) in [5, 5.41) is 7.32. The second kappa shape index (κ2) is 6.26. The van der Waals surface area contributed by atoms with Gasteiger partial charge in [0.1, 0.15) is 16.7 Å². The third kappa shape index (κ3) is 3.23. The summed E-state index contributed by atoms with van der Waals surface area (Å²) in [5.74, 6) is 1.72. The van der Waals surface area contributed by atoms with Gasteiger partial charge in [-0.15, -0.1) is 5.10 Å². The van der Waals surface area contributed by atoms with E-state index in [1.807, 2.05) is 0 Å². The number of nitrogens with zero attached hydrogens (tertiary/aromatic N) is 5. The van der Waals surface area contributed by atoms with Gasteiger partial charge in [0.15, 0.2) is 16.9 Å². The monoisotopic (exact) mass is 374 g/mol. The molecule has 4 heterocycles. The molecule has 1 aliphatic heterocycles. The molecule has 0 radical (unpaired) electrons. The van der Waals surface area contributed by atoms with Gasteiger partial charge >= 0.3 is 0 Å². The van der Waals surface area contributed by atoms with Crippen molar-refractivity contribution in [3.05, 3.63) is 23.5 Å². The van der Waals surface area contributed by atoms with Crippen molar-refractivity contribution in [3.8, 4) is 11.6 Å². The van der Waals surface area contributed by atoms with Crippen molar-refractivity contribution in [1.29, 1.82) is 0 Å². The number of nitrogen functional groups attached to an aromatic ring is 1. The number of H-pyrrole nitrogens is 1. The first-order valence-corrected chi connectivity index (χ1v) is 8.63. The van der Waals surface area contributed by atoms with Crippen molar-refractivity contribution in [2.24, 2.45) is 5.73 Å². The summed E-state index contributed by atoms with van der Waals surface area (Å²) in [6.07, 6.45) is 4.96. The molecule has 9 nitrogen and oxygen atoms in total. The summed E-state index contributed by atoms with van der Waals surface area (Å²) >= 11 is 6.08. The molecule has 3 aromatic heterocycles. The van der Waals surface area contributed by atoms with Gasteiger partial charge in [-0.1, -0.05) is 11.6 Å². The predicted octanol–water partition coefficient (Wildman–Crippen LogP) is 2.09. The second-order valence-electron chi connectivity index (χ2n) is 6.74. The molecule has 3 aromatic rings. The fourth-order valence-electron chi connectivity index (χ4n) is 2.86. The number of aromatic amines is 1. The third-order valence-electron chi connectivity index (χ3n) is 4.50. The van der Waals surface area contributed by atoms with Crippen LogP contribution in [0.15, 0.2) is 18.5 Å². The van der Waals surface area contributed by atoms with Crippen LogP contribution < -0.4 is 21.1 Å². The van der Waals surface area contributed by atoms with E-state index in [-0.39, 0.29) is 11.4 Å². The number of nitrogens with two attached hydrogens (primary N) is 2. The summed E-state index contributed by atoms with van der Waals surface area (Å²) in [7, 11) is 0. The number of aromatic nitrogens is 5. The molecule has 136 valence electrons. The summed E-state index contributed by atoms with van der Waals surface area (Å²) in [5.41, 5.74) is 12.8. The van der Waals surface area contributed by atoms with Gasteiger partial charge in [0, 0.05) is 24.7 Å². The van der Waals surface area contributed by atoms with Crippen molar-refractivity contribution in [2.45, 2.75) is 25.3 Å². The lowest BCUT2D eigenvalue weighted by molar-refractivity contribution is 0.363. The smallest absolute Gasteiger partial charge is 0.266 e. The van der Waals surface area contributed by atoms with E-state index in [2.05, 4.69) is 37.0 Å².